The Kier molecular flexibility index (Phi) is 3.50. The second-order valence-corrected chi connectivity index (χ2v) is 4.85. The molecule has 4 nitrogen and oxygen atoms in total. The smallest absolute Gasteiger partial charge is 0.303 e. The zero-order chi connectivity index (χ0) is 12.4. The molecule has 2 rings (SSSR count). The fraction of sp³-hybridized carbons (Fsp3) is 0.692. The van der Waals surface area contributed by atoms with Crippen molar-refractivity contribution in [3.8, 4) is 0 Å². The minimum absolute atomic E-state index is 0.280. The maximum absolute atomic E-state index is 11.1. The molecule has 0 aromatic heterocycles. The van der Waals surface area contributed by atoms with Crippen LogP contribution in [-0.2, 0) is 19.1 Å². The van der Waals surface area contributed by atoms with E-state index in [0.717, 1.165) is 19.3 Å². The number of carbonyl (C=O) groups excluding carboxylic acids is 2. The highest BCUT2D eigenvalue weighted by Gasteiger charge is 2.40. The third-order valence-corrected chi connectivity index (χ3v) is 3.52. The molecule has 0 heterocycles. The zero-order valence-electron chi connectivity index (χ0n) is 10.2. The summed E-state index contributed by atoms with van der Waals surface area (Å²) < 4.78 is 10.5. The molecule has 2 aliphatic rings. The van der Waals surface area contributed by atoms with E-state index in [1.165, 1.54) is 13.8 Å². The maximum atomic E-state index is 11.1. The molecule has 0 aliphatic heterocycles. The Bertz CT molecular complexity index is 347. The monoisotopic (exact) mass is 238 g/mol. The highest BCUT2D eigenvalue weighted by molar-refractivity contribution is 5.67. The van der Waals surface area contributed by atoms with Crippen LogP contribution >= 0.6 is 0 Å². The van der Waals surface area contributed by atoms with E-state index in [1.807, 2.05) is 0 Å². The highest BCUT2D eigenvalue weighted by Crippen LogP contribution is 2.40. The molecule has 0 bridgehead atoms. The second kappa shape index (κ2) is 4.90. The topological polar surface area (TPSA) is 52.6 Å². The highest BCUT2D eigenvalue weighted by atomic mass is 16.6. The normalized spacial score (nSPS) is 35.2. The summed E-state index contributed by atoms with van der Waals surface area (Å²) in [5.41, 5.74) is 0. The van der Waals surface area contributed by atoms with Gasteiger partial charge in [0.1, 0.15) is 12.2 Å². The van der Waals surface area contributed by atoms with Gasteiger partial charge >= 0.3 is 11.9 Å². The molecule has 1 fully saturated rings. The van der Waals surface area contributed by atoms with Crippen molar-refractivity contribution in [1.82, 2.24) is 0 Å². The van der Waals surface area contributed by atoms with Gasteiger partial charge in [-0.2, -0.15) is 0 Å². The van der Waals surface area contributed by atoms with Crippen LogP contribution in [0.1, 0.15) is 33.1 Å². The first-order chi connectivity index (χ1) is 8.06. The Balaban J connectivity index is 2.04. The molecule has 1 saturated carbocycles. The zero-order valence-corrected chi connectivity index (χ0v) is 10.2. The van der Waals surface area contributed by atoms with E-state index in [9.17, 15) is 9.59 Å². The fourth-order valence-electron chi connectivity index (χ4n) is 2.85. The predicted octanol–water partition coefficient (Wildman–Crippen LogP) is 1.84. The SMILES string of the molecule is CC(=O)O[C@H]1C[C@H]2CC=C[C@H]2C[C@H]1OC(C)=O. The lowest BCUT2D eigenvalue weighted by atomic mass is 9.78. The van der Waals surface area contributed by atoms with Crippen molar-refractivity contribution in [2.45, 2.75) is 45.3 Å². The Morgan fingerprint density at radius 3 is 2.24 bits per heavy atom. The number of rotatable bonds is 2. The molecule has 0 aromatic carbocycles. The Morgan fingerprint density at radius 1 is 1.06 bits per heavy atom. The first-order valence-electron chi connectivity index (χ1n) is 6.07. The van der Waals surface area contributed by atoms with Crippen molar-refractivity contribution in [3.63, 3.8) is 0 Å². The number of allylic oxidation sites excluding steroid dienone is 2. The maximum Gasteiger partial charge on any atom is 0.303 e. The van der Waals surface area contributed by atoms with Gasteiger partial charge in [0.2, 0.25) is 0 Å². The standard InChI is InChI=1S/C13H18O4/c1-8(14)16-12-6-10-4-3-5-11(10)7-13(12)17-9(2)15/h3-4,10-13H,5-7H2,1-2H3/t10-,11+,12+,13-/m0/s1. The van der Waals surface area contributed by atoms with Crippen LogP contribution in [0.3, 0.4) is 0 Å². The van der Waals surface area contributed by atoms with Crippen LogP contribution in [0.25, 0.3) is 0 Å². The van der Waals surface area contributed by atoms with Gasteiger partial charge in [-0.1, -0.05) is 12.2 Å². The Morgan fingerprint density at radius 2 is 1.65 bits per heavy atom. The van der Waals surface area contributed by atoms with Gasteiger partial charge in [-0.05, 0) is 31.1 Å². The number of carbonyl (C=O) groups is 2. The van der Waals surface area contributed by atoms with E-state index in [2.05, 4.69) is 12.2 Å². The van der Waals surface area contributed by atoms with Crippen LogP contribution in [-0.4, -0.2) is 24.1 Å². The summed E-state index contributed by atoms with van der Waals surface area (Å²) in [5.74, 6) is 0.376. The second-order valence-electron chi connectivity index (χ2n) is 4.85. The van der Waals surface area contributed by atoms with Crippen molar-refractivity contribution in [2.24, 2.45) is 11.8 Å². The molecule has 94 valence electrons. The van der Waals surface area contributed by atoms with Crippen LogP contribution in [0.15, 0.2) is 12.2 Å². The number of hydrogen-bond acceptors (Lipinski definition) is 4. The summed E-state index contributed by atoms with van der Waals surface area (Å²) in [5, 5.41) is 0. The number of esters is 2. The van der Waals surface area contributed by atoms with Crippen LogP contribution in [0.2, 0.25) is 0 Å². The molecule has 2 aliphatic carbocycles. The third-order valence-electron chi connectivity index (χ3n) is 3.52. The van der Waals surface area contributed by atoms with E-state index >= 15 is 0 Å². The molecule has 0 N–H and O–H groups in total. The first-order valence-corrected chi connectivity index (χ1v) is 6.07. The number of ether oxygens (including phenoxy) is 2. The minimum Gasteiger partial charge on any atom is -0.459 e. The number of hydrogen-bond donors (Lipinski definition) is 0. The van der Waals surface area contributed by atoms with Gasteiger partial charge in [0.05, 0.1) is 0 Å². The molecule has 0 radical (unpaired) electrons. The van der Waals surface area contributed by atoms with E-state index < -0.39 is 0 Å². The molecule has 17 heavy (non-hydrogen) atoms. The van der Waals surface area contributed by atoms with Crippen LogP contribution in [0, 0.1) is 11.8 Å². The molecule has 0 amide bonds. The Hall–Kier alpha value is -1.32. The van der Waals surface area contributed by atoms with Gasteiger partial charge in [0.25, 0.3) is 0 Å². The van der Waals surface area contributed by atoms with Gasteiger partial charge in [0.15, 0.2) is 0 Å². The van der Waals surface area contributed by atoms with Crippen molar-refractivity contribution < 1.29 is 19.1 Å². The van der Waals surface area contributed by atoms with E-state index in [4.69, 9.17) is 9.47 Å². The minimum atomic E-state index is -0.312. The van der Waals surface area contributed by atoms with E-state index in [-0.39, 0.29) is 24.1 Å². The van der Waals surface area contributed by atoms with Crippen LogP contribution < -0.4 is 0 Å². The summed E-state index contributed by atoms with van der Waals surface area (Å²) >= 11 is 0. The lowest BCUT2D eigenvalue weighted by Gasteiger charge is -2.36. The molecule has 4 atom stereocenters. The predicted molar refractivity (Wildman–Crippen MR) is 61.1 cm³/mol. The third kappa shape index (κ3) is 2.87. The molecule has 0 saturated heterocycles. The van der Waals surface area contributed by atoms with Gasteiger partial charge in [-0.3, -0.25) is 9.59 Å². The summed E-state index contributed by atoms with van der Waals surface area (Å²) in [6, 6.07) is 0. The number of fused-ring (bicyclic) bond motifs is 1. The molecule has 4 heteroatoms. The van der Waals surface area contributed by atoms with Gasteiger partial charge in [0, 0.05) is 13.8 Å². The van der Waals surface area contributed by atoms with Crippen molar-refractivity contribution in [2.75, 3.05) is 0 Å². The van der Waals surface area contributed by atoms with Gasteiger partial charge < -0.3 is 9.47 Å². The lowest BCUT2D eigenvalue weighted by Crippen LogP contribution is -2.42. The van der Waals surface area contributed by atoms with Gasteiger partial charge in [-0.15, -0.1) is 0 Å². The van der Waals surface area contributed by atoms with E-state index in [1.54, 1.807) is 0 Å². The fourth-order valence-corrected chi connectivity index (χ4v) is 2.85. The first kappa shape index (κ1) is 12.1. The average molecular weight is 238 g/mol. The molecule has 0 unspecified atom stereocenters. The Labute approximate surface area is 101 Å². The van der Waals surface area contributed by atoms with Crippen molar-refractivity contribution in [3.05, 3.63) is 12.2 Å². The van der Waals surface area contributed by atoms with E-state index in [0.29, 0.717) is 11.8 Å². The quantitative estimate of drug-likeness (QED) is 0.544. The largest absolute Gasteiger partial charge is 0.459 e. The molecule has 0 spiro atoms. The average Bonchev–Trinajstić information content (AvgIpc) is 2.63. The van der Waals surface area contributed by atoms with Crippen molar-refractivity contribution in [1.29, 1.82) is 0 Å². The summed E-state index contributed by atoms with van der Waals surface area (Å²) in [4.78, 5) is 22.1. The summed E-state index contributed by atoms with van der Waals surface area (Å²) in [7, 11) is 0. The van der Waals surface area contributed by atoms with Crippen molar-refractivity contribution >= 4 is 11.9 Å². The van der Waals surface area contributed by atoms with Gasteiger partial charge in [-0.25, -0.2) is 0 Å². The van der Waals surface area contributed by atoms with Crippen LogP contribution in [0.4, 0.5) is 0 Å². The molecular weight excluding hydrogens is 220 g/mol. The lowest BCUT2D eigenvalue weighted by molar-refractivity contribution is -0.172. The summed E-state index contributed by atoms with van der Waals surface area (Å²) in [6.45, 7) is 2.78. The molecule has 0 aromatic rings. The summed E-state index contributed by atoms with van der Waals surface area (Å²) in [6.07, 6.45) is 6.36. The molecular formula is C13H18O4. The van der Waals surface area contributed by atoms with Crippen LogP contribution in [0.5, 0.6) is 0 Å².